The fourth-order valence-electron chi connectivity index (χ4n) is 2.63. The first kappa shape index (κ1) is 13.7. The van der Waals surface area contributed by atoms with Crippen LogP contribution in [0, 0.1) is 20.8 Å². The van der Waals surface area contributed by atoms with Crippen LogP contribution in [0.5, 0.6) is 0 Å². The molecule has 1 N–H and O–H groups in total. The minimum Gasteiger partial charge on any atom is -0.384 e. The first-order chi connectivity index (χ1) is 10.0. The average Bonchev–Trinajstić information content (AvgIpc) is 2.45. The monoisotopic (exact) mass is 278 g/mol. The summed E-state index contributed by atoms with van der Waals surface area (Å²) in [5.74, 6) is 0. The lowest BCUT2D eigenvalue weighted by Crippen LogP contribution is -2.02. The van der Waals surface area contributed by atoms with E-state index in [4.69, 9.17) is 0 Å². The van der Waals surface area contributed by atoms with Gasteiger partial charge in [0, 0.05) is 22.5 Å². The number of hydrogen-bond acceptors (Lipinski definition) is 3. The molecule has 0 saturated carbocycles. The summed E-state index contributed by atoms with van der Waals surface area (Å²) in [4.78, 5) is 8.83. The van der Waals surface area contributed by atoms with E-state index in [0.717, 1.165) is 39.1 Å². The molecule has 0 spiro atoms. The van der Waals surface area contributed by atoms with Crippen molar-refractivity contribution in [3.8, 4) is 0 Å². The van der Waals surface area contributed by atoms with Crippen LogP contribution in [0.15, 0.2) is 42.5 Å². The van der Waals surface area contributed by atoms with E-state index in [-0.39, 0.29) is 0 Å². The highest BCUT2D eigenvalue weighted by Gasteiger charge is 2.12. The zero-order valence-electron chi connectivity index (χ0n) is 12.5. The van der Waals surface area contributed by atoms with E-state index in [0.29, 0.717) is 0 Å². The molecule has 1 aromatic carbocycles. The summed E-state index contributed by atoms with van der Waals surface area (Å²) in [6.07, 6.45) is -0.642. The summed E-state index contributed by atoms with van der Waals surface area (Å²) in [6.45, 7) is 5.86. The molecule has 1 unspecified atom stereocenters. The molecule has 0 aliphatic heterocycles. The Hall–Kier alpha value is -2.26. The second kappa shape index (κ2) is 5.26. The van der Waals surface area contributed by atoms with E-state index in [1.54, 1.807) is 0 Å². The predicted molar refractivity (Wildman–Crippen MR) is 84.3 cm³/mol. The highest BCUT2D eigenvalue weighted by atomic mass is 16.3. The number of aliphatic hydroxyl groups is 1. The number of pyridine rings is 2. The molecule has 3 nitrogen and oxygen atoms in total. The molecule has 3 heteroatoms. The molecule has 0 amide bonds. The van der Waals surface area contributed by atoms with Gasteiger partial charge in [-0.2, -0.15) is 0 Å². The van der Waals surface area contributed by atoms with Crippen LogP contribution in [0.4, 0.5) is 0 Å². The van der Waals surface area contributed by atoms with Gasteiger partial charge in [0.2, 0.25) is 0 Å². The molecule has 106 valence electrons. The van der Waals surface area contributed by atoms with Gasteiger partial charge in [-0.15, -0.1) is 0 Å². The third-order valence-electron chi connectivity index (χ3n) is 3.59. The van der Waals surface area contributed by atoms with Crippen molar-refractivity contribution in [1.29, 1.82) is 0 Å². The smallest absolute Gasteiger partial charge is 0.104 e. The lowest BCUT2D eigenvalue weighted by molar-refractivity contribution is 0.220. The molecule has 3 rings (SSSR count). The van der Waals surface area contributed by atoms with Crippen LogP contribution in [0.3, 0.4) is 0 Å². The highest BCUT2D eigenvalue weighted by molar-refractivity contribution is 5.79. The number of nitrogens with zero attached hydrogens (tertiary/aromatic N) is 2. The fourth-order valence-corrected chi connectivity index (χ4v) is 2.63. The zero-order chi connectivity index (χ0) is 15.0. The van der Waals surface area contributed by atoms with E-state index < -0.39 is 6.10 Å². The third kappa shape index (κ3) is 2.78. The van der Waals surface area contributed by atoms with Gasteiger partial charge in [-0.05, 0) is 62.2 Å². The van der Waals surface area contributed by atoms with Crippen molar-refractivity contribution in [2.24, 2.45) is 0 Å². The van der Waals surface area contributed by atoms with Gasteiger partial charge >= 0.3 is 0 Å². The lowest BCUT2D eigenvalue weighted by Gasteiger charge is -2.13. The second-order valence-corrected chi connectivity index (χ2v) is 5.49. The Bertz CT molecular complexity index is 791. The quantitative estimate of drug-likeness (QED) is 0.778. The Balaban J connectivity index is 2.04. The van der Waals surface area contributed by atoms with E-state index in [1.165, 1.54) is 0 Å². The summed E-state index contributed by atoms with van der Waals surface area (Å²) < 4.78 is 0. The summed E-state index contributed by atoms with van der Waals surface area (Å²) in [6, 6.07) is 13.8. The van der Waals surface area contributed by atoms with Gasteiger partial charge in [0.15, 0.2) is 0 Å². The Morgan fingerprint density at radius 2 is 1.48 bits per heavy atom. The van der Waals surface area contributed by atoms with Crippen molar-refractivity contribution in [2.45, 2.75) is 26.9 Å². The molecule has 3 aromatic rings. The summed E-state index contributed by atoms with van der Waals surface area (Å²) in [7, 11) is 0. The molecule has 0 saturated heterocycles. The van der Waals surface area contributed by atoms with Gasteiger partial charge < -0.3 is 5.11 Å². The largest absolute Gasteiger partial charge is 0.384 e. The van der Waals surface area contributed by atoms with Gasteiger partial charge in [0.25, 0.3) is 0 Å². The van der Waals surface area contributed by atoms with E-state index >= 15 is 0 Å². The Morgan fingerprint density at radius 1 is 0.762 bits per heavy atom. The number of benzene rings is 1. The van der Waals surface area contributed by atoms with Crippen molar-refractivity contribution in [1.82, 2.24) is 9.97 Å². The number of aryl methyl sites for hydroxylation is 3. The van der Waals surface area contributed by atoms with Crippen LogP contribution < -0.4 is 0 Å². The van der Waals surface area contributed by atoms with Crippen LogP contribution in [0.25, 0.3) is 10.9 Å². The number of hydrogen-bond donors (Lipinski definition) is 1. The Labute approximate surface area is 124 Å². The molecule has 0 aliphatic rings. The SMILES string of the molecule is Cc1cc(C(O)c2ccc3nc(C)ccc3c2)cc(C)n1. The van der Waals surface area contributed by atoms with E-state index in [9.17, 15) is 5.11 Å². The maximum Gasteiger partial charge on any atom is 0.104 e. The zero-order valence-corrected chi connectivity index (χ0v) is 12.5. The van der Waals surface area contributed by atoms with Crippen molar-refractivity contribution >= 4 is 10.9 Å². The Kier molecular flexibility index (Phi) is 3.43. The molecule has 1 atom stereocenters. The maximum absolute atomic E-state index is 10.6. The summed E-state index contributed by atoms with van der Waals surface area (Å²) >= 11 is 0. The van der Waals surface area contributed by atoms with E-state index in [2.05, 4.69) is 9.97 Å². The predicted octanol–water partition coefficient (Wildman–Crippen LogP) is 3.64. The van der Waals surface area contributed by atoms with Crippen LogP contribution in [-0.4, -0.2) is 15.1 Å². The molecular formula is C18H18N2O. The van der Waals surface area contributed by atoms with Crippen LogP contribution in [0.1, 0.15) is 34.3 Å². The van der Waals surface area contributed by atoms with Crippen LogP contribution >= 0.6 is 0 Å². The topological polar surface area (TPSA) is 46.0 Å². The maximum atomic E-state index is 10.6. The molecule has 0 radical (unpaired) electrons. The second-order valence-electron chi connectivity index (χ2n) is 5.49. The van der Waals surface area contributed by atoms with Crippen molar-refractivity contribution in [3.63, 3.8) is 0 Å². The molecule has 0 fully saturated rings. The van der Waals surface area contributed by atoms with Crippen LogP contribution in [0.2, 0.25) is 0 Å². The molecule has 0 aliphatic carbocycles. The van der Waals surface area contributed by atoms with Crippen LogP contribution in [-0.2, 0) is 0 Å². The first-order valence-corrected chi connectivity index (χ1v) is 7.03. The number of aliphatic hydroxyl groups excluding tert-OH is 1. The number of rotatable bonds is 2. The molecular weight excluding hydrogens is 260 g/mol. The molecule has 21 heavy (non-hydrogen) atoms. The van der Waals surface area contributed by atoms with Gasteiger partial charge in [-0.1, -0.05) is 12.1 Å². The minimum atomic E-state index is -0.642. The lowest BCUT2D eigenvalue weighted by atomic mass is 9.99. The minimum absolute atomic E-state index is 0.642. The van der Waals surface area contributed by atoms with Gasteiger partial charge in [0.1, 0.15) is 6.10 Å². The molecule has 2 heterocycles. The van der Waals surface area contributed by atoms with E-state index in [1.807, 2.05) is 63.2 Å². The van der Waals surface area contributed by atoms with Crippen molar-refractivity contribution < 1.29 is 5.11 Å². The average molecular weight is 278 g/mol. The normalized spacial score (nSPS) is 12.6. The third-order valence-corrected chi connectivity index (χ3v) is 3.59. The van der Waals surface area contributed by atoms with Gasteiger partial charge in [-0.3, -0.25) is 9.97 Å². The summed E-state index contributed by atoms with van der Waals surface area (Å²) in [5.41, 5.74) is 5.53. The Morgan fingerprint density at radius 3 is 2.19 bits per heavy atom. The standard InChI is InChI=1S/C18H18N2O/c1-11-4-5-14-10-15(6-7-17(14)20-11)18(21)16-8-12(2)19-13(3)9-16/h4-10,18,21H,1-3H3. The molecule has 2 aromatic heterocycles. The van der Waals surface area contributed by atoms with Gasteiger partial charge in [0.05, 0.1) is 5.52 Å². The van der Waals surface area contributed by atoms with Gasteiger partial charge in [-0.25, -0.2) is 0 Å². The highest BCUT2D eigenvalue weighted by Crippen LogP contribution is 2.25. The molecule has 0 bridgehead atoms. The fraction of sp³-hybridized carbons (Fsp3) is 0.222. The first-order valence-electron chi connectivity index (χ1n) is 7.03. The summed E-state index contributed by atoms with van der Waals surface area (Å²) in [5, 5.41) is 11.6. The van der Waals surface area contributed by atoms with Crippen molar-refractivity contribution in [2.75, 3.05) is 0 Å². The number of aromatic nitrogens is 2. The van der Waals surface area contributed by atoms with Crippen molar-refractivity contribution in [3.05, 3.63) is 70.7 Å². The number of fused-ring (bicyclic) bond motifs is 1.